The fraction of sp³-hybridized carbons (Fsp3) is 0.250. The Morgan fingerprint density at radius 2 is 2.06 bits per heavy atom. The number of fused-ring (bicyclic) bond motifs is 1. The number of hydrogen-bond acceptors (Lipinski definition) is 1. The van der Waals surface area contributed by atoms with Gasteiger partial charge in [0.2, 0.25) is 0 Å². The van der Waals surface area contributed by atoms with Crippen LogP contribution < -0.4 is 0 Å². The van der Waals surface area contributed by atoms with Gasteiger partial charge in [-0.3, -0.25) is 0 Å². The van der Waals surface area contributed by atoms with Crippen molar-refractivity contribution in [1.29, 1.82) is 0 Å². The molecule has 0 amide bonds. The Morgan fingerprint density at radius 3 is 2.62 bits per heavy atom. The minimum atomic E-state index is -0.936. The maximum Gasteiger partial charge on any atom is 0.352 e. The lowest BCUT2D eigenvalue weighted by atomic mass is 10.0. The molecular formula is C12H12BrNO2. The van der Waals surface area contributed by atoms with Crippen LogP contribution in [-0.4, -0.2) is 16.1 Å². The molecule has 2 aromatic rings. The molecular weight excluding hydrogens is 270 g/mol. The number of aromatic nitrogens is 1. The van der Waals surface area contributed by atoms with E-state index in [1.165, 1.54) is 5.56 Å². The Kier molecular flexibility index (Phi) is 2.76. The molecule has 0 unspecified atom stereocenters. The number of aromatic carboxylic acids is 1. The molecule has 0 aliphatic carbocycles. The average molecular weight is 282 g/mol. The van der Waals surface area contributed by atoms with E-state index in [2.05, 4.69) is 34.8 Å². The number of H-pyrrole nitrogens is 1. The van der Waals surface area contributed by atoms with Crippen LogP contribution in [0.4, 0.5) is 0 Å². The average Bonchev–Trinajstić information content (AvgIpc) is 2.61. The third kappa shape index (κ3) is 1.85. The SMILES string of the molecule is CC(C)c1cc(Br)c2[nH]c(C(=O)O)cc2c1. The van der Waals surface area contributed by atoms with Gasteiger partial charge >= 0.3 is 5.97 Å². The van der Waals surface area contributed by atoms with Crippen molar-refractivity contribution in [1.82, 2.24) is 4.98 Å². The number of rotatable bonds is 2. The molecule has 4 heteroatoms. The molecule has 0 bridgehead atoms. The fourth-order valence-corrected chi connectivity index (χ4v) is 2.26. The van der Waals surface area contributed by atoms with Crippen LogP contribution in [0.5, 0.6) is 0 Å². The summed E-state index contributed by atoms with van der Waals surface area (Å²) in [5.74, 6) is -0.516. The van der Waals surface area contributed by atoms with Crippen molar-refractivity contribution in [2.45, 2.75) is 19.8 Å². The van der Waals surface area contributed by atoms with Crippen molar-refractivity contribution in [2.24, 2.45) is 0 Å². The molecule has 1 aromatic carbocycles. The van der Waals surface area contributed by atoms with Crippen molar-refractivity contribution in [2.75, 3.05) is 0 Å². The van der Waals surface area contributed by atoms with E-state index in [0.717, 1.165) is 15.4 Å². The summed E-state index contributed by atoms with van der Waals surface area (Å²) in [6.07, 6.45) is 0. The summed E-state index contributed by atoms with van der Waals surface area (Å²) in [7, 11) is 0. The van der Waals surface area contributed by atoms with Crippen molar-refractivity contribution in [3.8, 4) is 0 Å². The Labute approximate surface area is 102 Å². The van der Waals surface area contributed by atoms with E-state index < -0.39 is 5.97 Å². The summed E-state index contributed by atoms with van der Waals surface area (Å²) in [6.45, 7) is 4.22. The minimum Gasteiger partial charge on any atom is -0.477 e. The van der Waals surface area contributed by atoms with Gasteiger partial charge in [-0.15, -0.1) is 0 Å². The number of nitrogens with one attached hydrogen (secondary N) is 1. The first kappa shape index (κ1) is 11.2. The normalized spacial score (nSPS) is 11.2. The Balaban J connectivity index is 2.68. The van der Waals surface area contributed by atoms with Crippen molar-refractivity contribution < 1.29 is 9.90 Å². The van der Waals surface area contributed by atoms with Crippen molar-refractivity contribution in [3.05, 3.63) is 33.9 Å². The molecule has 3 nitrogen and oxygen atoms in total. The van der Waals surface area contributed by atoms with Gasteiger partial charge in [0.1, 0.15) is 5.69 Å². The predicted octanol–water partition coefficient (Wildman–Crippen LogP) is 3.75. The van der Waals surface area contributed by atoms with Crippen molar-refractivity contribution in [3.63, 3.8) is 0 Å². The van der Waals surface area contributed by atoms with Gasteiger partial charge in [-0.2, -0.15) is 0 Å². The van der Waals surface area contributed by atoms with Gasteiger partial charge in [-0.1, -0.05) is 13.8 Å². The van der Waals surface area contributed by atoms with Gasteiger partial charge in [0.25, 0.3) is 0 Å². The zero-order valence-electron chi connectivity index (χ0n) is 9.04. The van der Waals surface area contributed by atoms with Crippen LogP contribution in [0, 0.1) is 0 Å². The second-order valence-electron chi connectivity index (χ2n) is 4.11. The summed E-state index contributed by atoms with van der Waals surface area (Å²) >= 11 is 3.45. The number of hydrogen-bond donors (Lipinski definition) is 2. The van der Waals surface area contributed by atoms with E-state index in [1.807, 2.05) is 12.1 Å². The zero-order chi connectivity index (χ0) is 11.9. The molecule has 1 heterocycles. The third-order valence-electron chi connectivity index (χ3n) is 2.60. The van der Waals surface area contributed by atoms with Gasteiger partial charge in [0.15, 0.2) is 0 Å². The van der Waals surface area contributed by atoms with Crippen LogP contribution in [-0.2, 0) is 0 Å². The third-order valence-corrected chi connectivity index (χ3v) is 3.23. The smallest absolute Gasteiger partial charge is 0.352 e. The summed E-state index contributed by atoms with van der Waals surface area (Å²) in [6, 6.07) is 5.71. The summed E-state index contributed by atoms with van der Waals surface area (Å²) in [5.41, 5.74) is 2.24. The lowest BCUT2D eigenvalue weighted by Gasteiger charge is -2.06. The highest BCUT2D eigenvalue weighted by Crippen LogP contribution is 2.29. The van der Waals surface area contributed by atoms with E-state index in [0.29, 0.717) is 5.92 Å². The first-order valence-electron chi connectivity index (χ1n) is 5.04. The molecule has 0 saturated heterocycles. The van der Waals surface area contributed by atoms with E-state index in [4.69, 9.17) is 5.11 Å². The molecule has 16 heavy (non-hydrogen) atoms. The quantitative estimate of drug-likeness (QED) is 0.881. The summed E-state index contributed by atoms with van der Waals surface area (Å²) < 4.78 is 0.904. The number of halogens is 1. The van der Waals surface area contributed by atoms with Crippen LogP contribution >= 0.6 is 15.9 Å². The standard InChI is InChI=1S/C12H12BrNO2/c1-6(2)7-3-8-5-10(12(15)16)14-11(8)9(13)4-7/h3-6,14H,1-2H3,(H,15,16). The molecule has 0 aliphatic rings. The van der Waals surface area contributed by atoms with Crippen LogP contribution in [0.25, 0.3) is 10.9 Å². The zero-order valence-corrected chi connectivity index (χ0v) is 10.6. The van der Waals surface area contributed by atoms with Crippen LogP contribution in [0.1, 0.15) is 35.8 Å². The van der Waals surface area contributed by atoms with Crippen LogP contribution in [0.2, 0.25) is 0 Å². The lowest BCUT2D eigenvalue weighted by molar-refractivity contribution is 0.0691. The van der Waals surface area contributed by atoms with Crippen LogP contribution in [0.15, 0.2) is 22.7 Å². The molecule has 2 rings (SSSR count). The molecule has 0 fully saturated rings. The first-order chi connectivity index (χ1) is 7.49. The molecule has 0 atom stereocenters. The Morgan fingerprint density at radius 1 is 1.38 bits per heavy atom. The van der Waals surface area contributed by atoms with E-state index in [-0.39, 0.29) is 5.69 Å². The highest BCUT2D eigenvalue weighted by molar-refractivity contribution is 9.10. The molecule has 0 aliphatic heterocycles. The van der Waals surface area contributed by atoms with Gasteiger partial charge in [0, 0.05) is 9.86 Å². The topological polar surface area (TPSA) is 53.1 Å². The maximum absolute atomic E-state index is 10.9. The summed E-state index contributed by atoms with van der Waals surface area (Å²) in [5, 5.41) is 9.84. The number of carboxylic acid groups (broad SMARTS) is 1. The van der Waals surface area contributed by atoms with Gasteiger partial charge < -0.3 is 10.1 Å². The highest BCUT2D eigenvalue weighted by Gasteiger charge is 2.11. The molecule has 2 N–H and O–H groups in total. The Bertz CT molecular complexity index is 557. The highest BCUT2D eigenvalue weighted by atomic mass is 79.9. The van der Waals surface area contributed by atoms with Gasteiger partial charge in [-0.25, -0.2) is 4.79 Å². The van der Waals surface area contributed by atoms with E-state index in [9.17, 15) is 4.79 Å². The number of aromatic amines is 1. The van der Waals surface area contributed by atoms with E-state index >= 15 is 0 Å². The largest absolute Gasteiger partial charge is 0.477 e. The molecule has 0 spiro atoms. The lowest BCUT2D eigenvalue weighted by Crippen LogP contribution is -1.94. The first-order valence-corrected chi connectivity index (χ1v) is 5.84. The summed E-state index contributed by atoms with van der Waals surface area (Å²) in [4.78, 5) is 13.7. The van der Waals surface area contributed by atoms with Gasteiger partial charge in [0.05, 0.1) is 5.52 Å². The Hall–Kier alpha value is -1.29. The monoisotopic (exact) mass is 281 g/mol. The fourth-order valence-electron chi connectivity index (χ4n) is 1.67. The number of carboxylic acids is 1. The van der Waals surface area contributed by atoms with E-state index in [1.54, 1.807) is 6.07 Å². The molecule has 0 saturated carbocycles. The molecule has 0 radical (unpaired) electrons. The maximum atomic E-state index is 10.9. The number of benzene rings is 1. The second kappa shape index (κ2) is 3.94. The van der Waals surface area contributed by atoms with Crippen LogP contribution in [0.3, 0.4) is 0 Å². The van der Waals surface area contributed by atoms with Gasteiger partial charge in [-0.05, 0) is 45.6 Å². The molecule has 84 valence electrons. The minimum absolute atomic E-state index is 0.219. The number of carbonyl (C=O) groups is 1. The second-order valence-corrected chi connectivity index (χ2v) is 4.96. The molecule has 1 aromatic heterocycles. The van der Waals surface area contributed by atoms with Crippen molar-refractivity contribution >= 4 is 32.8 Å². The predicted molar refractivity (Wildman–Crippen MR) is 67.0 cm³/mol.